The zero-order valence-electron chi connectivity index (χ0n) is 7.63. The first-order valence-corrected chi connectivity index (χ1v) is 4.12. The highest BCUT2D eigenvalue weighted by Crippen LogP contribution is 2.06. The molecule has 0 saturated carbocycles. The molecule has 0 fully saturated rings. The molecule has 0 radical (unpaired) electrons. The number of aliphatic hydroxyl groups is 1. The number of aliphatic carboxylic acids is 1. The molecule has 3 N–H and O–H groups in total. The normalized spacial score (nSPS) is 15.6. The lowest BCUT2D eigenvalue weighted by molar-refractivity contribution is -0.136. The summed E-state index contributed by atoms with van der Waals surface area (Å²) in [6, 6.07) is 0. The molecular weight excluding hydrogens is 158 g/mol. The van der Waals surface area contributed by atoms with Crippen molar-refractivity contribution in [2.45, 2.75) is 32.2 Å². The van der Waals surface area contributed by atoms with Crippen LogP contribution >= 0.6 is 0 Å². The quantitative estimate of drug-likeness (QED) is 0.540. The van der Waals surface area contributed by atoms with E-state index in [1.54, 1.807) is 0 Å². The standard InChI is InChI=1S/C8H17NO3/c1-3-8(2,6-10)9-5-4-7(11)12/h9-10H,3-6H2,1-2H3,(H,11,12). The highest BCUT2D eigenvalue weighted by atomic mass is 16.4. The fourth-order valence-electron chi connectivity index (χ4n) is 0.764. The van der Waals surface area contributed by atoms with Crippen LogP contribution in [0.5, 0.6) is 0 Å². The molecule has 0 aromatic rings. The second-order valence-corrected chi connectivity index (χ2v) is 3.14. The summed E-state index contributed by atoms with van der Waals surface area (Å²) in [5.74, 6) is -0.820. The van der Waals surface area contributed by atoms with E-state index in [-0.39, 0.29) is 18.6 Å². The Morgan fingerprint density at radius 1 is 1.58 bits per heavy atom. The predicted octanol–water partition coefficient (Wildman–Crippen LogP) is 0.212. The summed E-state index contributed by atoms with van der Waals surface area (Å²) in [4.78, 5) is 10.2. The maximum atomic E-state index is 10.2. The van der Waals surface area contributed by atoms with Crippen LogP contribution in [0.25, 0.3) is 0 Å². The van der Waals surface area contributed by atoms with E-state index in [0.29, 0.717) is 6.54 Å². The van der Waals surface area contributed by atoms with E-state index >= 15 is 0 Å². The molecule has 0 saturated heterocycles. The minimum atomic E-state index is -0.820. The lowest BCUT2D eigenvalue weighted by Gasteiger charge is -2.26. The van der Waals surface area contributed by atoms with Gasteiger partial charge in [-0.05, 0) is 13.3 Å². The maximum absolute atomic E-state index is 10.2. The molecule has 0 aliphatic heterocycles. The number of carboxylic acids is 1. The topological polar surface area (TPSA) is 69.6 Å². The van der Waals surface area contributed by atoms with Gasteiger partial charge in [0.15, 0.2) is 0 Å². The van der Waals surface area contributed by atoms with Crippen molar-refractivity contribution in [3.63, 3.8) is 0 Å². The third-order valence-electron chi connectivity index (χ3n) is 2.02. The predicted molar refractivity (Wildman–Crippen MR) is 46.0 cm³/mol. The van der Waals surface area contributed by atoms with Crippen molar-refractivity contribution in [2.75, 3.05) is 13.2 Å². The third kappa shape index (κ3) is 4.31. The van der Waals surface area contributed by atoms with Crippen molar-refractivity contribution in [1.82, 2.24) is 5.32 Å². The van der Waals surface area contributed by atoms with Gasteiger partial charge >= 0.3 is 5.97 Å². The monoisotopic (exact) mass is 175 g/mol. The van der Waals surface area contributed by atoms with Gasteiger partial charge in [-0.2, -0.15) is 0 Å². The number of aliphatic hydroxyl groups excluding tert-OH is 1. The molecule has 0 aromatic heterocycles. The first-order chi connectivity index (χ1) is 5.54. The Balaban J connectivity index is 3.65. The largest absolute Gasteiger partial charge is 0.481 e. The van der Waals surface area contributed by atoms with Crippen LogP contribution in [0.2, 0.25) is 0 Å². The summed E-state index contributed by atoms with van der Waals surface area (Å²) < 4.78 is 0. The Morgan fingerprint density at radius 3 is 2.50 bits per heavy atom. The summed E-state index contributed by atoms with van der Waals surface area (Å²) in [5, 5.41) is 20.3. The molecule has 0 heterocycles. The summed E-state index contributed by atoms with van der Waals surface area (Å²) in [6.45, 7) is 4.25. The Bertz CT molecular complexity index is 143. The molecule has 0 spiro atoms. The van der Waals surface area contributed by atoms with Gasteiger partial charge in [0.2, 0.25) is 0 Å². The van der Waals surface area contributed by atoms with Gasteiger partial charge in [-0.1, -0.05) is 6.92 Å². The first kappa shape index (κ1) is 11.4. The van der Waals surface area contributed by atoms with Crippen LogP contribution in [0.3, 0.4) is 0 Å². The van der Waals surface area contributed by atoms with E-state index in [1.165, 1.54) is 0 Å². The smallest absolute Gasteiger partial charge is 0.304 e. The van der Waals surface area contributed by atoms with Gasteiger partial charge < -0.3 is 15.5 Å². The van der Waals surface area contributed by atoms with Gasteiger partial charge in [0.25, 0.3) is 0 Å². The third-order valence-corrected chi connectivity index (χ3v) is 2.02. The molecule has 1 unspecified atom stereocenters. The van der Waals surface area contributed by atoms with Gasteiger partial charge in [-0.15, -0.1) is 0 Å². The molecule has 1 atom stereocenters. The van der Waals surface area contributed by atoms with Crippen LogP contribution in [-0.4, -0.2) is 34.9 Å². The Labute approximate surface area is 72.6 Å². The van der Waals surface area contributed by atoms with Crippen molar-refractivity contribution in [1.29, 1.82) is 0 Å². The first-order valence-electron chi connectivity index (χ1n) is 4.12. The van der Waals surface area contributed by atoms with Crippen molar-refractivity contribution in [2.24, 2.45) is 0 Å². The second kappa shape index (κ2) is 5.11. The molecule has 0 bridgehead atoms. The molecule has 4 nitrogen and oxygen atoms in total. The number of hydrogen-bond acceptors (Lipinski definition) is 3. The highest BCUT2D eigenvalue weighted by Gasteiger charge is 2.19. The van der Waals surface area contributed by atoms with Crippen LogP contribution in [0.15, 0.2) is 0 Å². The average molecular weight is 175 g/mol. The number of hydrogen-bond donors (Lipinski definition) is 3. The average Bonchev–Trinajstić information content (AvgIpc) is 2.03. The maximum Gasteiger partial charge on any atom is 0.304 e. The minimum Gasteiger partial charge on any atom is -0.481 e. The van der Waals surface area contributed by atoms with E-state index in [1.807, 2.05) is 13.8 Å². The van der Waals surface area contributed by atoms with Gasteiger partial charge in [0.1, 0.15) is 0 Å². The fraction of sp³-hybridized carbons (Fsp3) is 0.875. The second-order valence-electron chi connectivity index (χ2n) is 3.14. The van der Waals surface area contributed by atoms with Crippen molar-refractivity contribution in [3.05, 3.63) is 0 Å². The molecule has 0 amide bonds. The van der Waals surface area contributed by atoms with Crippen LogP contribution < -0.4 is 5.32 Å². The van der Waals surface area contributed by atoms with E-state index in [0.717, 1.165) is 6.42 Å². The number of carboxylic acid groups (broad SMARTS) is 1. The van der Waals surface area contributed by atoms with Gasteiger partial charge in [-0.3, -0.25) is 4.79 Å². The van der Waals surface area contributed by atoms with Crippen molar-refractivity contribution >= 4 is 5.97 Å². The number of nitrogens with one attached hydrogen (secondary N) is 1. The molecule has 0 rings (SSSR count). The Kier molecular flexibility index (Phi) is 4.85. The Morgan fingerprint density at radius 2 is 2.17 bits per heavy atom. The SMILES string of the molecule is CCC(C)(CO)NCCC(=O)O. The highest BCUT2D eigenvalue weighted by molar-refractivity contribution is 5.66. The number of carbonyl (C=O) groups is 1. The number of rotatable bonds is 6. The zero-order valence-corrected chi connectivity index (χ0v) is 7.63. The molecule has 0 aromatic carbocycles. The summed E-state index contributed by atoms with van der Waals surface area (Å²) >= 11 is 0. The van der Waals surface area contributed by atoms with Gasteiger partial charge in [0, 0.05) is 12.1 Å². The van der Waals surface area contributed by atoms with E-state index in [9.17, 15) is 4.79 Å². The van der Waals surface area contributed by atoms with Crippen molar-refractivity contribution in [3.8, 4) is 0 Å². The van der Waals surface area contributed by atoms with Gasteiger partial charge in [0.05, 0.1) is 13.0 Å². The van der Waals surface area contributed by atoms with Crippen LogP contribution in [-0.2, 0) is 4.79 Å². The van der Waals surface area contributed by atoms with Crippen molar-refractivity contribution < 1.29 is 15.0 Å². The van der Waals surface area contributed by atoms with E-state index in [4.69, 9.17) is 10.2 Å². The lowest BCUT2D eigenvalue weighted by Crippen LogP contribution is -2.45. The molecule has 12 heavy (non-hydrogen) atoms. The summed E-state index contributed by atoms with van der Waals surface area (Å²) in [7, 11) is 0. The van der Waals surface area contributed by atoms with Crippen LogP contribution in [0, 0.1) is 0 Å². The van der Waals surface area contributed by atoms with Crippen LogP contribution in [0.1, 0.15) is 26.7 Å². The van der Waals surface area contributed by atoms with Gasteiger partial charge in [-0.25, -0.2) is 0 Å². The van der Waals surface area contributed by atoms with E-state index in [2.05, 4.69) is 5.32 Å². The fourth-order valence-corrected chi connectivity index (χ4v) is 0.764. The zero-order chi connectivity index (χ0) is 9.61. The Hall–Kier alpha value is -0.610. The minimum absolute atomic E-state index is 0.0309. The lowest BCUT2D eigenvalue weighted by atomic mass is 10.0. The molecular formula is C8H17NO3. The molecule has 72 valence electrons. The molecule has 0 aliphatic rings. The summed E-state index contributed by atoms with van der Waals surface area (Å²) in [6.07, 6.45) is 0.874. The summed E-state index contributed by atoms with van der Waals surface area (Å²) in [5.41, 5.74) is -0.338. The molecule has 4 heteroatoms. The van der Waals surface area contributed by atoms with E-state index < -0.39 is 5.97 Å². The van der Waals surface area contributed by atoms with Crippen LogP contribution in [0.4, 0.5) is 0 Å². The molecule has 0 aliphatic carbocycles.